The van der Waals surface area contributed by atoms with Crippen molar-refractivity contribution in [2.75, 3.05) is 6.54 Å². The highest BCUT2D eigenvalue weighted by Gasteiger charge is 2.30. The van der Waals surface area contributed by atoms with Crippen LogP contribution in [-0.4, -0.2) is 60.7 Å². The van der Waals surface area contributed by atoms with Gasteiger partial charge in [0, 0.05) is 13.0 Å². The van der Waals surface area contributed by atoms with Crippen LogP contribution in [0.25, 0.3) is 0 Å². The van der Waals surface area contributed by atoms with E-state index in [0.717, 1.165) is 5.56 Å². The maximum atomic E-state index is 13.4. The highest BCUT2D eigenvalue weighted by Crippen LogP contribution is 2.10. The highest BCUT2D eigenvalue weighted by molar-refractivity contribution is 5.93. The van der Waals surface area contributed by atoms with Crippen LogP contribution in [-0.2, 0) is 25.6 Å². The summed E-state index contributed by atoms with van der Waals surface area (Å²) in [6.07, 6.45) is 2.82. The van der Waals surface area contributed by atoms with Gasteiger partial charge in [-0.3, -0.25) is 19.4 Å². The molecular weight excluding hydrogens is 486 g/mol. The molecule has 0 bridgehead atoms. The van der Waals surface area contributed by atoms with Crippen LogP contribution in [0.1, 0.15) is 58.9 Å². The minimum atomic E-state index is -0.948. The standard InChI is InChI=1S/C27H45N7O4/c1-5-18(4)23(16-35)34-26(38)22(15-19-10-7-6-8-11-19)33-25(37)21(14-17(2)3)32-24(36)20(28)12-9-13-31-27(29)30/h6-8,10-11,16-18,20-23H,5,9,12-15,28H2,1-4H3,(H,32,36)(H,33,37)(H,34,38)(H4,29,30,31)/t18-,20-,21-,22-,23+/m0/s1. The van der Waals surface area contributed by atoms with Crippen molar-refractivity contribution in [1.82, 2.24) is 16.0 Å². The predicted octanol–water partition coefficient (Wildman–Crippen LogP) is 0.356. The fraction of sp³-hybridized carbons (Fsp3) is 0.593. The van der Waals surface area contributed by atoms with Gasteiger partial charge in [0.1, 0.15) is 18.4 Å². The van der Waals surface area contributed by atoms with Crippen molar-refractivity contribution in [1.29, 1.82) is 0 Å². The lowest BCUT2D eigenvalue weighted by Crippen LogP contribution is -2.57. The lowest BCUT2D eigenvalue weighted by Gasteiger charge is -2.27. The normalized spacial score (nSPS) is 14.9. The summed E-state index contributed by atoms with van der Waals surface area (Å²) >= 11 is 0. The molecule has 3 amide bonds. The molecule has 0 saturated heterocycles. The molecule has 212 valence electrons. The first kappa shape index (κ1) is 32.6. The van der Waals surface area contributed by atoms with Crippen molar-refractivity contribution in [3.05, 3.63) is 35.9 Å². The van der Waals surface area contributed by atoms with Crippen molar-refractivity contribution >= 4 is 30.0 Å². The number of carbonyl (C=O) groups excluding carboxylic acids is 4. The Bertz CT molecular complexity index is 919. The van der Waals surface area contributed by atoms with Crippen LogP contribution < -0.4 is 33.2 Å². The molecular formula is C27H45N7O4. The zero-order chi connectivity index (χ0) is 28.7. The van der Waals surface area contributed by atoms with Crippen LogP contribution in [0.3, 0.4) is 0 Å². The van der Waals surface area contributed by atoms with Gasteiger partial charge in [0.15, 0.2) is 5.96 Å². The van der Waals surface area contributed by atoms with Crippen LogP contribution in [0.4, 0.5) is 0 Å². The molecule has 0 unspecified atom stereocenters. The Morgan fingerprint density at radius 1 is 0.947 bits per heavy atom. The van der Waals surface area contributed by atoms with Gasteiger partial charge >= 0.3 is 0 Å². The van der Waals surface area contributed by atoms with Gasteiger partial charge in [-0.05, 0) is 36.7 Å². The summed E-state index contributed by atoms with van der Waals surface area (Å²) in [5.74, 6) is -1.46. The largest absolute Gasteiger partial charge is 0.370 e. The Morgan fingerprint density at radius 3 is 2.11 bits per heavy atom. The number of amides is 3. The molecule has 0 radical (unpaired) electrons. The van der Waals surface area contributed by atoms with Crippen molar-refractivity contribution < 1.29 is 19.2 Å². The average molecular weight is 532 g/mol. The third-order valence-corrected chi connectivity index (χ3v) is 6.27. The summed E-state index contributed by atoms with van der Waals surface area (Å²) in [5, 5.41) is 8.30. The lowest BCUT2D eigenvalue weighted by molar-refractivity contribution is -0.133. The molecule has 0 aliphatic carbocycles. The third-order valence-electron chi connectivity index (χ3n) is 6.27. The second-order valence-electron chi connectivity index (χ2n) is 10.1. The van der Waals surface area contributed by atoms with Crippen LogP contribution >= 0.6 is 0 Å². The maximum Gasteiger partial charge on any atom is 0.243 e. The number of aldehydes is 1. The molecule has 0 heterocycles. The number of guanidine groups is 1. The van der Waals surface area contributed by atoms with Gasteiger partial charge in [0.25, 0.3) is 0 Å². The van der Waals surface area contributed by atoms with E-state index in [4.69, 9.17) is 17.2 Å². The van der Waals surface area contributed by atoms with E-state index < -0.39 is 41.9 Å². The Balaban J connectivity index is 3.01. The topological polar surface area (TPSA) is 195 Å². The summed E-state index contributed by atoms with van der Waals surface area (Å²) in [6.45, 7) is 8.00. The Kier molecular flexibility index (Phi) is 14.7. The molecule has 0 aromatic heterocycles. The van der Waals surface area contributed by atoms with Gasteiger partial charge in [-0.2, -0.15) is 0 Å². The number of hydrogen-bond donors (Lipinski definition) is 6. The quantitative estimate of drug-likeness (QED) is 0.0722. The average Bonchev–Trinajstić information content (AvgIpc) is 2.88. The summed E-state index contributed by atoms with van der Waals surface area (Å²) in [4.78, 5) is 54.8. The molecule has 0 spiro atoms. The summed E-state index contributed by atoms with van der Waals surface area (Å²) < 4.78 is 0. The van der Waals surface area contributed by atoms with Gasteiger partial charge in [-0.25, -0.2) is 0 Å². The first-order valence-corrected chi connectivity index (χ1v) is 13.2. The summed E-state index contributed by atoms with van der Waals surface area (Å²) in [7, 11) is 0. The zero-order valence-corrected chi connectivity index (χ0v) is 23.0. The summed E-state index contributed by atoms with van der Waals surface area (Å²) in [5.41, 5.74) is 17.5. The van der Waals surface area contributed by atoms with Crippen LogP contribution in [0, 0.1) is 11.8 Å². The number of nitrogens with one attached hydrogen (secondary N) is 3. The fourth-order valence-electron chi connectivity index (χ4n) is 3.79. The van der Waals surface area contributed by atoms with E-state index in [-0.39, 0.29) is 24.2 Å². The lowest BCUT2D eigenvalue weighted by atomic mass is 9.98. The highest BCUT2D eigenvalue weighted by atomic mass is 16.2. The monoisotopic (exact) mass is 531 g/mol. The molecule has 0 aliphatic heterocycles. The molecule has 1 rings (SSSR count). The molecule has 9 N–H and O–H groups in total. The van der Waals surface area contributed by atoms with Crippen molar-refractivity contribution in [3.8, 4) is 0 Å². The third kappa shape index (κ3) is 12.2. The van der Waals surface area contributed by atoms with Gasteiger partial charge in [0.2, 0.25) is 17.7 Å². The number of nitrogens with zero attached hydrogens (tertiary/aromatic N) is 1. The van der Waals surface area contributed by atoms with E-state index >= 15 is 0 Å². The van der Waals surface area contributed by atoms with Crippen molar-refractivity contribution in [3.63, 3.8) is 0 Å². The second-order valence-corrected chi connectivity index (χ2v) is 10.1. The number of aliphatic imine (C=N–C) groups is 1. The van der Waals surface area contributed by atoms with Gasteiger partial charge in [0.05, 0.1) is 12.1 Å². The predicted molar refractivity (Wildman–Crippen MR) is 149 cm³/mol. The number of nitrogens with two attached hydrogens (primary N) is 3. The molecule has 1 aromatic rings. The molecule has 0 fully saturated rings. The van der Waals surface area contributed by atoms with E-state index in [1.165, 1.54) is 0 Å². The Hall–Kier alpha value is -3.47. The van der Waals surface area contributed by atoms with E-state index in [1.807, 2.05) is 58.0 Å². The number of hydrogen-bond acceptors (Lipinski definition) is 6. The first-order chi connectivity index (χ1) is 18.0. The molecule has 0 saturated carbocycles. The van der Waals surface area contributed by atoms with E-state index in [9.17, 15) is 19.2 Å². The minimum Gasteiger partial charge on any atom is -0.370 e. The molecule has 38 heavy (non-hydrogen) atoms. The van der Waals surface area contributed by atoms with Gasteiger partial charge < -0.3 is 37.9 Å². The zero-order valence-electron chi connectivity index (χ0n) is 23.0. The van der Waals surface area contributed by atoms with E-state index in [1.54, 1.807) is 0 Å². The number of benzene rings is 1. The summed E-state index contributed by atoms with van der Waals surface area (Å²) in [6, 6.07) is 5.89. The molecule has 1 aromatic carbocycles. The second kappa shape index (κ2) is 17.1. The molecule has 0 aliphatic rings. The smallest absolute Gasteiger partial charge is 0.243 e. The van der Waals surface area contributed by atoms with Gasteiger partial charge in [-0.15, -0.1) is 0 Å². The number of rotatable bonds is 17. The minimum absolute atomic E-state index is 0.0330. The SMILES string of the molecule is CC[C@H](C)[C@@H](C=O)NC(=O)[C@H](Cc1ccccc1)NC(=O)[C@H](CC(C)C)NC(=O)[C@@H](N)CCCN=C(N)N. The first-order valence-electron chi connectivity index (χ1n) is 13.2. The fourth-order valence-corrected chi connectivity index (χ4v) is 3.79. The molecule has 11 nitrogen and oxygen atoms in total. The van der Waals surface area contributed by atoms with E-state index in [2.05, 4.69) is 20.9 Å². The van der Waals surface area contributed by atoms with Gasteiger partial charge in [-0.1, -0.05) is 64.4 Å². The van der Waals surface area contributed by atoms with Crippen LogP contribution in [0.2, 0.25) is 0 Å². The van der Waals surface area contributed by atoms with Crippen molar-refractivity contribution in [2.45, 2.75) is 84.0 Å². The Morgan fingerprint density at radius 2 is 1.55 bits per heavy atom. The molecule has 5 atom stereocenters. The van der Waals surface area contributed by atoms with Crippen LogP contribution in [0.5, 0.6) is 0 Å². The number of carbonyl (C=O) groups is 4. The maximum absolute atomic E-state index is 13.4. The van der Waals surface area contributed by atoms with Crippen molar-refractivity contribution in [2.24, 2.45) is 34.0 Å². The van der Waals surface area contributed by atoms with Crippen LogP contribution in [0.15, 0.2) is 35.3 Å². The Labute approximate surface area is 225 Å². The van der Waals surface area contributed by atoms with E-state index in [0.29, 0.717) is 38.5 Å². The molecule has 11 heteroatoms.